The largest absolute Gasteiger partial charge is 0.408 e. The van der Waals surface area contributed by atoms with Gasteiger partial charge >= 0.3 is 6.18 Å². The molecule has 1 heterocycles. The van der Waals surface area contributed by atoms with E-state index >= 15 is 0 Å². The number of alkyl halides is 3. The molecule has 1 amide bonds. The van der Waals surface area contributed by atoms with Gasteiger partial charge in [0.2, 0.25) is 0 Å². The number of H-pyrrole nitrogens is 1. The summed E-state index contributed by atoms with van der Waals surface area (Å²) in [7, 11) is 0. The minimum atomic E-state index is -4.45. The second-order valence-electron chi connectivity index (χ2n) is 3.18. The third-order valence-corrected chi connectivity index (χ3v) is 2.14. The van der Waals surface area contributed by atoms with Crippen molar-refractivity contribution in [3.63, 3.8) is 0 Å². The Morgan fingerprint density at radius 3 is 2.56 bits per heavy atom. The molecular formula is C9H9F3N2OS. The Balaban J connectivity index is 2.73. The van der Waals surface area contributed by atoms with Gasteiger partial charge in [0, 0.05) is 6.20 Å². The first kappa shape index (κ1) is 12.7. The molecule has 2 N–H and O–H groups in total. The highest BCUT2D eigenvalue weighted by molar-refractivity contribution is 7.71. The fraction of sp³-hybridized carbons (Fsp3) is 0.333. The fourth-order valence-electron chi connectivity index (χ4n) is 0.914. The van der Waals surface area contributed by atoms with E-state index in [0.29, 0.717) is 4.64 Å². The van der Waals surface area contributed by atoms with Crippen LogP contribution in [0, 0.1) is 4.64 Å². The number of nitrogens with one attached hydrogen (secondary N) is 2. The van der Waals surface area contributed by atoms with Crippen molar-refractivity contribution in [3.05, 3.63) is 28.5 Å². The first-order valence-electron chi connectivity index (χ1n) is 4.37. The van der Waals surface area contributed by atoms with Gasteiger partial charge in [-0.15, -0.1) is 0 Å². The molecule has 16 heavy (non-hydrogen) atoms. The lowest BCUT2D eigenvalue weighted by molar-refractivity contribution is -0.149. The zero-order chi connectivity index (χ0) is 12.3. The molecule has 0 bridgehead atoms. The SMILES string of the molecule is C[C@@H](NC(=O)c1ccc(=S)[nH]c1)C(F)(F)F. The van der Waals surface area contributed by atoms with E-state index in [1.807, 2.05) is 5.32 Å². The maximum atomic E-state index is 12.2. The number of hydrogen-bond acceptors (Lipinski definition) is 2. The molecule has 0 fully saturated rings. The minimum Gasteiger partial charge on any atom is -0.352 e. The topological polar surface area (TPSA) is 44.9 Å². The molecule has 0 radical (unpaired) electrons. The number of aromatic nitrogens is 1. The van der Waals surface area contributed by atoms with Crippen molar-refractivity contribution in [2.24, 2.45) is 0 Å². The van der Waals surface area contributed by atoms with E-state index in [1.54, 1.807) is 0 Å². The van der Waals surface area contributed by atoms with Crippen LogP contribution in [-0.2, 0) is 0 Å². The number of pyridine rings is 1. The summed E-state index contributed by atoms with van der Waals surface area (Å²) in [4.78, 5) is 13.9. The number of amides is 1. The molecule has 7 heteroatoms. The predicted molar refractivity (Wildman–Crippen MR) is 54.6 cm³/mol. The number of carbonyl (C=O) groups excluding carboxylic acids is 1. The average molecular weight is 250 g/mol. The van der Waals surface area contributed by atoms with Gasteiger partial charge in [-0.2, -0.15) is 13.2 Å². The van der Waals surface area contributed by atoms with E-state index in [9.17, 15) is 18.0 Å². The van der Waals surface area contributed by atoms with Crippen molar-refractivity contribution in [1.29, 1.82) is 0 Å². The molecule has 3 nitrogen and oxygen atoms in total. The Morgan fingerprint density at radius 2 is 2.12 bits per heavy atom. The lowest BCUT2D eigenvalue weighted by atomic mass is 10.2. The summed E-state index contributed by atoms with van der Waals surface area (Å²) < 4.78 is 36.9. The van der Waals surface area contributed by atoms with Gasteiger partial charge in [-0.3, -0.25) is 4.79 Å². The van der Waals surface area contributed by atoms with Gasteiger partial charge in [0.15, 0.2) is 0 Å². The van der Waals surface area contributed by atoms with Crippen LogP contribution in [0.5, 0.6) is 0 Å². The summed E-state index contributed by atoms with van der Waals surface area (Å²) in [6, 6.07) is 0.905. The molecule has 0 saturated carbocycles. The first-order chi connectivity index (χ1) is 7.30. The van der Waals surface area contributed by atoms with Crippen molar-refractivity contribution in [2.75, 3.05) is 0 Å². The summed E-state index contributed by atoms with van der Waals surface area (Å²) in [5, 5.41) is 1.84. The molecule has 88 valence electrons. The average Bonchev–Trinajstić information content (AvgIpc) is 2.17. The van der Waals surface area contributed by atoms with Crippen LogP contribution in [0.4, 0.5) is 13.2 Å². The van der Waals surface area contributed by atoms with Crippen LogP contribution in [0.3, 0.4) is 0 Å². The highest BCUT2D eigenvalue weighted by Gasteiger charge is 2.37. The van der Waals surface area contributed by atoms with Crippen LogP contribution in [0.15, 0.2) is 18.3 Å². The van der Waals surface area contributed by atoms with E-state index < -0.39 is 18.1 Å². The molecule has 1 atom stereocenters. The van der Waals surface area contributed by atoms with Crippen LogP contribution >= 0.6 is 12.2 Å². The zero-order valence-corrected chi connectivity index (χ0v) is 9.08. The Morgan fingerprint density at radius 1 is 1.50 bits per heavy atom. The van der Waals surface area contributed by atoms with Crippen LogP contribution in [0.1, 0.15) is 17.3 Å². The Kier molecular flexibility index (Phi) is 3.69. The number of hydrogen-bond donors (Lipinski definition) is 2. The van der Waals surface area contributed by atoms with E-state index in [2.05, 4.69) is 4.98 Å². The van der Waals surface area contributed by atoms with Crippen molar-refractivity contribution < 1.29 is 18.0 Å². The lowest BCUT2D eigenvalue weighted by Gasteiger charge is -2.16. The summed E-state index contributed by atoms with van der Waals surface area (Å²) >= 11 is 4.74. The number of rotatable bonds is 2. The van der Waals surface area contributed by atoms with E-state index in [-0.39, 0.29) is 5.56 Å². The van der Waals surface area contributed by atoms with Gasteiger partial charge in [0.1, 0.15) is 10.7 Å². The van der Waals surface area contributed by atoms with Gasteiger partial charge in [-0.25, -0.2) is 0 Å². The fourth-order valence-corrected chi connectivity index (χ4v) is 1.04. The zero-order valence-electron chi connectivity index (χ0n) is 8.26. The number of carbonyl (C=O) groups is 1. The summed E-state index contributed by atoms with van der Waals surface area (Å²) in [6.07, 6.45) is -3.18. The van der Waals surface area contributed by atoms with E-state index in [0.717, 1.165) is 6.92 Å². The molecule has 0 unspecified atom stereocenters. The third kappa shape index (κ3) is 3.34. The smallest absolute Gasteiger partial charge is 0.352 e. The molecule has 0 spiro atoms. The highest BCUT2D eigenvalue weighted by atomic mass is 32.1. The molecule has 0 aliphatic heterocycles. The van der Waals surface area contributed by atoms with Crippen LogP contribution < -0.4 is 5.32 Å². The van der Waals surface area contributed by atoms with Crippen LogP contribution in [0.2, 0.25) is 0 Å². The second-order valence-corrected chi connectivity index (χ2v) is 3.62. The normalized spacial score (nSPS) is 13.2. The van der Waals surface area contributed by atoms with Gasteiger partial charge in [0.25, 0.3) is 5.91 Å². The molecule has 1 aromatic rings. The Hall–Kier alpha value is -1.37. The van der Waals surface area contributed by atoms with Gasteiger partial charge < -0.3 is 10.3 Å². The lowest BCUT2D eigenvalue weighted by Crippen LogP contribution is -2.43. The third-order valence-electron chi connectivity index (χ3n) is 1.88. The standard InChI is InChI=1S/C9H9F3N2OS/c1-5(9(10,11)12)14-8(15)6-2-3-7(16)13-4-6/h2-5H,1H3,(H,13,16)(H,14,15)/t5-/m1/s1. The van der Waals surface area contributed by atoms with Gasteiger partial charge in [-0.1, -0.05) is 12.2 Å². The molecule has 0 aliphatic rings. The highest BCUT2D eigenvalue weighted by Crippen LogP contribution is 2.19. The monoisotopic (exact) mass is 250 g/mol. The van der Waals surface area contributed by atoms with Gasteiger partial charge in [-0.05, 0) is 19.1 Å². The quantitative estimate of drug-likeness (QED) is 0.792. The van der Waals surface area contributed by atoms with E-state index in [1.165, 1.54) is 18.3 Å². The molecule has 1 rings (SSSR count). The summed E-state index contributed by atoms with van der Waals surface area (Å²) in [5.74, 6) is -0.795. The van der Waals surface area contributed by atoms with Crippen molar-refractivity contribution in [1.82, 2.24) is 10.3 Å². The molecule has 0 aliphatic carbocycles. The maximum Gasteiger partial charge on any atom is 0.408 e. The summed E-state index contributed by atoms with van der Waals surface area (Å²) in [5.41, 5.74) is 0.102. The summed E-state index contributed by atoms with van der Waals surface area (Å²) in [6.45, 7) is 0.878. The predicted octanol–water partition coefficient (Wildman–Crippen LogP) is 2.42. The molecule has 0 aromatic carbocycles. The van der Waals surface area contributed by atoms with E-state index in [4.69, 9.17) is 12.2 Å². The molecule has 0 saturated heterocycles. The molecule has 1 aromatic heterocycles. The Labute approximate surface area is 94.7 Å². The van der Waals surface area contributed by atoms with Crippen molar-refractivity contribution >= 4 is 18.1 Å². The Bertz CT molecular complexity index is 421. The van der Waals surface area contributed by atoms with Crippen LogP contribution in [-0.4, -0.2) is 23.1 Å². The second kappa shape index (κ2) is 4.65. The van der Waals surface area contributed by atoms with Crippen molar-refractivity contribution in [2.45, 2.75) is 19.1 Å². The maximum absolute atomic E-state index is 12.2. The first-order valence-corrected chi connectivity index (χ1v) is 4.78. The molecular weight excluding hydrogens is 241 g/mol. The minimum absolute atomic E-state index is 0.102. The number of halogens is 3. The van der Waals surface area contributed by atoms with Crippen LogP contribution in [0.25, 0.3) is 0 Å². The van der Waals surface area contributed by atoms with Crippen molar-refractivity contribution in [3.8, 4) is 0 Å². The number of aromatic amines is 1. The van der Waals surface area contributed by atoms with Gasteiger partial charge in [0.05, 0.1) is 5.56 Å².